The first kappa shape index (κ1) is 14.6. The number of hydrogen-bond acceptors (Lipinski definition) is 5. The molecule has 0 aliphatic carbocycles. The van der Waals surface area contributed by atoms with Gasteiger partial charge in [0.25, 0.3) is 5.91 Å². The number of amidine groups is 1. The Bertz CT molecular complexity index is 488. The minimum Gasteiger partial charge on any atom is -0.508 e. The Balaban J connectivity index is 3.01. The monoisotopic (exact) mass is 267 g/mol. The zero-order valence-electron chi connectivity index (χ0n) is 10.6. The molecular formula is C12H17N3O4. The molecule has 0 heterocycles. The van der Waals surface area contributed by atoms with Crippen molar-refractivity contribution in [2.45, 2.75) is 13.3 Å². The van der Waals surface area contributed by atoms with Gasteiger partial charge in [0.15, 0.2) is 5.84 Å². The molecule has 1 aromatic rings. The Morgan fingerprint density at radius 1 is 1.42 bits per heavy atom. The number of carbonyl (C=O) groups is 1. The first-order valence-electron chi connectivity index (χ1n) is 5.77. The van der Waals surface area contributed by atoms with Crippen LogP contribution in [0, 0.1) is 0 Å². The fourth-order valence-corrected chi connectivity index (χ4v) is 1.62. The summed E-state index contributed by atoms with van der Waals surface area (Å²) in [4.78, 5) is 13.5. The van der Waals surface area contributed by atoms with Gasteiger partial charge >= 0.3 is 0 Å². The molecule has 104 valence electrons. The lowest BCUT2D eigenvalue weighted by molar-refractivity contribution is 0.0774. The summed E-state index contributed by atoms with van der Waals surface area (Å²) in [5.74, 6) is -0.965. The Kier molecular flexibility index (Phi) is 4.99. The van der Waals surface area contributed by atoms with Crippen LogP contribution in [-0.2, 0) is 0 Å². The van der Waals surface area contributed by atoms with Crippen molar-refractivity contribution in [2.24, 2.45) is 10.9 Å². The summed E-state index contributed by atoms with van der Waals surface area (Å²) in [6.07, 6.45) is 0.671. The number of phenols is 2. The lowest BCUT2D eigenvalue weighted by Gasteiger charge is -2.21. The van der Waals surface area contributed by atoms with Crippen LogP contribution in [-0.4, -0.2) is 45.2 Å². The molecule has 0 fully saturated rings. The molecule has 0 aromatic heterocycles. The number of amides is 1. The minimum atomic E-state index is -0.498. The molecule has 5 N–H and O–H groups in total. The largest absolute Gasteiger partial charge is 0.508 e. The summed E-state index contributed by atoms with van der Waals surface area (Å²) in [6.45, 7) is 2.19. The number of carbonyl (C=O) groups excluding carboxylic acids is 1. The quantitative estimate of drug-likeness (QED) is 0.206. The first-order valence-corrected chi connectivity index (χ1v) is 5.77. The summed E-state index contributed by atoms with van der Waals surface area (Å²) < 4.78 is 0. The van der Waals surface area contributed by atoms with Crippen molar-refractivity contribution < 1.29 is 20.2 Å². The number of rotatable bonds is 5. The summed E-state index contributed by atoms with van der Waals surface area (Å²) in [5.41, 5.74) is 5.35. The van der Waals surface area contributed by atoms with Gasteiger partial charge in [0, 0.05) is 6.54 Å². The van der Waals surface area contributed by atoms with Gasteiger partial charge in [0.2, 0.25) is 0 Å². The van der Waals surface area contributed by atoms with Gasteiger partial charge < -0.3 is 26.1 Å². The Morgan fingerprint density at radius 3 is 2.68 bits per heavy atom. The van der Waals surface area contributed by atoms with Gasteiger partial charge in [-0.1, -0.05) is 12.1 Å². The van der Waals surface area contributed by atoms with Crippen LogP contribution in [0.4, 0.5) is 0 Å². The maximum atomic E-state index is 12.2. The highest BCUT2D eigenvalue weighted by Gasteiger charge is 2.20. The van der Waals surface area contributed by atoms with E-state index in [1.165, 1.54) is 23.1 Å². The number of benzene rings is 1. The molecule has 7 heteroatoms. The molecular weight excluding hydrogens is 250 g/mol. The van der Waals surface area contributed by atoms with E-state index in [-0.39, 0.29) is 29.4 Å². The van der Waals surface area contributed by atoms with E-state index in [9.17, 15) is 15.0 Å². The third kappa shape index (κ3) is 3.77. The van der Waals surface area contributed by atoms with Gasteiger partial charge in [0.05, 0.1) is 12.1 Å². The van der Waals surface area contributed by atoms with E-state index in [1.54, 1.807) is 0 Å². The van der Waals surface area contributed by atoms with Gasteiger partial charge in [-0.05, 0) is 24.6 Å². The Morgan fingerprint density at radius 2 is 2.11 bits per heavy atom. The van der Waals surface area contributed by atoms with Gasteiger partial charge in [-0.15, -0.1) is 0 Å². The summed E-state index contributed by atoms with van der Waals surface area (Å²) in [6, 6.07) is 3.68. The molecule has 0 atom stereocenters. The zero-order chi connectivity index (χ0) is 14.4. The van der Waals surface area contributed by atoms with Crippen molar-refractivity contribution in [1.82, 2.24) is 4.90 Å². The molecule has 0 saturated carbocycles. The second-order valence-electron chi connectivity index (χ2n) is 4.02. The van der Waals surface area contributed by atoms with E-state index in [1.807, 2.05) is 6.92 Å². The minimum absolute atomic E-state index is 0.0285. The van der Waals surface area contributed by atoms with Crippen LogP contribution in [0.2, 0.25) is 0 Å². The highest BCUT2D eigenvalue weighted by Crippen LogP contribution is 2.23. The maximum absolute atomic E-state index is 12.2. The number of aromatic hydroxyl groups is 2. The standard InChI is InChI=1S/C12H17N3O4/c1-2-5-15(7-11(13)14-19)12(18)9-6-8(16)3-4-10(9)17/h3-4,6,16-17,19H,2,5,7H2,1H3,(H2,13,14). The van der Waals surface area contributed by atoms with E-state index < -0.39 is 5.91 Å². The summed E-state index contributed by atoms with van der Waals surface area (Å²) in [7, 11) is 0. The molecule has 0 radical (unpaired) electrons. The van der Waals surface area contributed by atoms with Gasteiger partial charge in [-0.3, -0.25) is 4.79 Å². The zero-order valence-corrected chi connectivity index (χ0v) is 10.6. The number of phenolic OH excluding ortho intramolecular Hbond substituents is 2. The van der Waals surface area contributed by atoms with Gasteiger partial charge in [-0.25, -0.2) is 0 Å². The lowest BCUT2D eigenvalue weighted by atomic mass is 10.1. The molecule has 0 saturated heterocycles. The molecule has 19 heavy (non-hydrogen) atoms. The summed E-state index contributed by atoms with van der Waals surface area (Å²) >= 11 is 0. The maximum Gasteiger partial charge on any atom is 0.258 e. The molecule has 0 unspecified atom stereocenters. The highest BCUT2D eigenvalue weighted by atomic mass is 16.4. The van der Waals surface area contributed by atoms with Gasteiger partial charge in [-0.2, -0.15) is 0 Å². The number of hydrogen-bond donors (Lipinski definition) is 4. The van der Waals surface area contributed by atoms with Crippen molar-refractivity contribution >= 4 is 11.7 Å². The number of nitrogens with zero attached hydrogens (tertiary/aromatic N) is 2. The van der Waals surface area contributed by atoms with Crippen molar-refractivity contribution in [1.29, 1.82) is 0 Å². The lowest BCUT2D eigenvalue weighted by Crippen LogP contribution is -2.39. The van der Waals surface area contributed by atoms with E-state index in [2.05, 4.69) is 5.16 Å². The van der Waals surface area contributed by atoms with Crippen molar-refractivity contribution in [3.05, 3.63) is 23.8 Å². The molecule has 0 spiro atoms. The van der Waals surface area contributed by atoms with Crippen LogP contribution >= 0.6 is 0 Å². The van der Waals surface area contributed by atoms with E-state index >= 15 is 0 Å². The predicted octanol–water partition coefficient (Wildman–Crippen LogP) is 0.696. The third-order valence-corrected chi connectivity index (χ3v) is 2.47. The molecule has 0 bridgehead atoms. The average molecular weight is 267 g/mol. The van der Waals surface area contributed by atoms with E-state index in [0.717, 1.165) is 0 Å². The third-order valence-electron chi connectivity index (χ3n) is 2.47. The van der Waals surface area contributed by atoms with Crippen LogP contribution in [0.3, 0.4) is 0 Å². The molecule has 7 nitrogen and oxygen atoms in total. The fraction of sp³-hybridized carbons (Fsp3) is 0.333. The fourth-order valence-electron chi connectivity index (χ4n) is 1.62. The smallest absolute Gasteiger partial charge is 0.258 e. The number of nitrogens with two attached hydrogens (primary N) is 1. The molecule has 1 amide bonds. The second kappa shape index (κ2) is 6.48. The molecule has 0 aliphatic rings. The SMILES string of the molecule is CCCN(C/C(N)=N/O)C(=O)c1cc(O)ccc1O. The van der Waals surface area contributed by atoms with Crippen molar-refractivity contribution in [3.8, 4) is 11.5 Å². The Hall–Kier alpha value is -2.44. The van der Waals surface area contributed by atoms with Crippen molar-refractivity contribution in [3.63, 3.8) is 0 Å². The average Bonchev–Trinajstić information content (AvgIpc) is 2.40. The van der Waals surface area contributed by atoms with Gasteiger partial charge in [0.1, 0.15) is 11.5 Å². The number of oxime groups is 1. The Labute approximate surface area is 110 Å². The van der Waals surface area contributed by atoms with E-state index in [0.29, 0.717) is 13.0 Å². The van der Waals surface area contributed by atoms with Crippen LogP contribution in [0.15, 0.2) is 23.4 Å². The molecule has 0 aliphatic heterocycles. The van der Waals surface area contributed by atoms with Crippen molar-refractivity contribution in [2.75, 3.05) is 13.1 Å². The van der Waals surface area contributed by atoms with E-state index in [4.69, 9.17) is 10.9 Å². The molecule has 1 aromatic carbocycles. The van der Waals surface area contributed by atoms with Crippen LogP contribution < -0.4 is 5.73 Å². The summed E-state index contributed by atoms with van der Waals surface area (Å²) in [5, 5.41) is 30.4. The highest BCUT2D eigenvalue weighted by molar-refractivity contribution is 5.99. The van der Waals surface area contributed by atoms with Crippen LogP contribution in [0.1, 0.15) is 23.7 Å². The second-order valence-corrected chi connectivity index (χ2v) is 4.02. The topological polar surface area (TPSA) is 119 Å². The predicted molar refractivity (Wildman–Crippen MR) is 69.4 cm³/mol. The van der Waals surface area contributed by atoms with Crippen LogP contribution in [0.25, 0.3) is 0 Å². The van der Waals surface area contributed by atoms with Crippen LogP contribution in [0.5, 0.6) is 11.5 Å². The normalized spacial score (nSPS) is 11.3. The molecule has 1 rings (SSSR count). The first-order chi connectivity index (χ1) is 8.99.